The molecule has 18 heavy (non-hydrogen) atoms. The van der Waals surface area contributed by atoms with Gasteiger partial charge in [0.25, 0.3) is 0 Å². The number of aromatic amines is 1. The van der Waals surface area contributed by atoms with E-state index in [0.717, 1.165) is 23.3 Å². The molecule has 0 bridgehead atoms. The zero-order chi connectivity index (χ0) is 13.3. The van der Waals surface area contributed by atoms with Gasteiger partial charge in [-0.2, -0.15) is 0 Å². The maximum atomic E-state index is 5.45. The first kappa shape index (κ1) is 13.3. The minimum atomic E-state index is 0.412. The predicted molar refractivity (Wildman–Crippen MR) is 79.7 cm³/mol. The van der Waals surface area contributed by atoms with Crippen molar-refractivity contribution in [2.75, 3.05) is 20.6 Å². The van der Waals surface area contributed by atoms with Gasteiger partial charge in [0.1, 0.15) is 0 Å². The lowest BCUT2D eigenvalue weighted by Crippen LogP contribution is -2.17. The van der Waals surface area contributed by atoms with E-state index < -0.39 is 0 Å². The second-order valence-electron chi connectivity index (χ2n) is 5.26. The minimum Gasteiger partial charge on any atom is -0.331 e. The lowest BCUT2D eigenvalue weighted by Gasteiger charge is -2.17. The van der Waals surface area contributed by atoms with Crippen molar-refractivity contribution in [2.45, 2.75) is 26.3 Å². The van der Waals surface area contributed by atoms with Crippen molar-refractivity contribution in [3.8, 4) is 0 Å². The molecule has 0 radical (unpaired) electrons. The van der Waals surface area contributed by atoms with Crippen LogP contribution < -0.4 is 0 Å². The fourth-order valence-electron chi connectivity index (χ4n) is 2.24. The Bertz CT molecular complexity index is 595. The summed E-state index contributed by atoms with van der Waals surface area (Å²) in [7, 11) is 4.21. The number of H-pyrrole nitrogens is 1. The van der Waals surface area contributed by atoms with Gasteiger partial charge in [-0.1, -0.05) is 6.07 Å². The lowest BCUT2D eigenvalue weighted by atomic mass is 10.2. The third kappa shape index (κ3) is 2.65. The topological polar surface area (TPSA) is 24.0 Å². The molecule has 0 spiro atoms. The van der Waals surface area contributed by atoms with Crippen LogP contribution >= 0.6 is 12.2 Å². The van der Waals surface area contributed by atoms with Crippen LogP contribution in [-0.2, 0) is 0 Å². The van der Waals surface area contributed by atoms with E-state index in [1.165, 1.54) is 11.1 Å². The zero-order valence-electron chi connectivity index (χ0n) is 11.5. The molecule has 98 valence electrons. The van der Waals surface area contributed by atoms with Crippen molar-refractivity contribution >= 4 is 23.3 Å². The van der Waals surface area contributed by atoms with Gasteiger partial charge in [-0.05, 0) is 70.8 Å². The average molecular weight is 263 g/mol. The van der Waals surface area contributed by atoms with Crippen LogP contribution in [0.15, 0.2) is 18.2 Å². The second kappa shape index (κ2) is 5.24. The number of fused-ring (bicyclic) bond motifs is 1. The van der Waals surface area contributed by atoms with Crippen LogP contribution in [0, 0.1) is 11.7 Å². The standard InChI is InChI=1S/C14H21N3S/c1-10-5-6-12-13(9-10)17(14(18)15-12)11(2)7-8-16(3)4/h5-6,9,11H,7-8H2,1-4H3,(H,15,18). The van der Waals surface area contributed by atoms with Gasteiger partial charge in [-0.3, -0.25) is 0 Å². The molecular formula is C14H21N3S. The molecule has 0 aliphatic carbocycles. The maximum absolute atomic E-state index is 5.45. The molecule has 4 heteroatoms. The van der Waals surface area contributed by atoms with Gasteiger partial charge >= 0.3 is 0 Å². The van der Waals surface area contributed by atoms with Crippen molar-refractivity contribution in [1.82, 2.24) is 14.5 Å². The van der Waals surface area contributed by atoms with E-state index in [1.54, 1.807) is 0 Å². The number of rotatable bonds is 4. The Balaban J connectivity index is 2.40. The normalized spacial score (nSPS) is 13.4. The first-order valence-corrected chi connectivity index (χ1v) is 6.75. The van der Waals surface area contributed by atoms with E-state index in [9.17, 15) is 0 Å². The molecule has 2 aromatic rings. The first-order chi connectivity index (χ1) is 8.49. The van der Waals surface area contributed by atoms with Crippen molar-refractivity contribution in [2.24, 2.45) is 0 Å². The monoisotopic (exact) mass is 263 g/mol. The van der Waals surface area contributed by atoms with Crippen molar-refractivity contribution in [3.63, 3.8) is 0 Å². The molecule has 0 amide bonds. The van der Waals surface area contributed by atoms with Crippen LogP contribution in [0.5, 0.6) is 0 Å². The summed E-state index contributed by atoms with van der Waals surface area (Å²) in [5.74, 6) is 0. The fourth-order valence-corrected chi connectivity index (χ4v) is 2.63. The average Bonchev–Trinajstić information content (AvgIpc) is 2.61. The maximum Gasteiger partial charge on any atom is 0.178 e. The van der Waals surface area contributed by atoms with Crippen LogP contribution in [0.25, 0.3) is 11.0 Å². The summed E-state index contributed by atoms with van der Waals surface area (Å²) in [5.41, 5.74) is 3.61. The van der Waals surface area contributed by atoms with Crippen LogP contribution in [0.4, 0.5) is 0 Å². The first-order valence-electron chi connectivity index (χ1n) is 6.34. The van der Waals surface area contributed by atoms with Gasteiger partial charge in [0.2, 0.25) is 0 Å². The van der Waals surface area contributed by atoms with E-state index in [-0.39, 0.29) is 0 Å². The van der Waals surface area contributed by atoms with Crippen LogP contribution in [0.3, 0.4) is 0 Å². The molecule has 0 fully saturated rings. The Labute approximate surface area is 113 Å². The largest absolute Gasteiger partial charge is 0.331 e. The Morgan fingerprint density at radius 2 is 2.11 bits per heavy atom. The van der Waals surface area contributed by atoms with E-state index >= 15 is 0 Å². The third-order valence-electron chi connectivity index (χ3n) is 3.31. The Morgan fingerprint density at radius 3 is 2.78 bits per heavy atom. The van der Waals surface area contributed by atoms with Gasteiger partial charge < -0.3 is 14.5 Å². The predicted octanol–water partition coefficient (Wildman–Crippen LogP) is 3.52. The van der Waals surface area contributed by atoms with Gasteiger partial charge in [0.05, 0.1) is 11.0 Å². The van der Waals surface area contributed by atoms with Crippen LogP contribution in [-0.4, -0.2) is 35.1 Å². The SMILES string of the molecule is Cc1ccc2[nH]c(=S)n(C(C)CCN(C)C)c2c1. The summed E-state index contributed by atoms with van der Waals surface area (Å²) in [6, 6.07) is 6.83. The summed E-state index contributed by atoms with van der Waals surface area (Å²) >= 11 is 5.45. The fraction of sp³-hybridized carbons (Fsp3) is 0.500. The van der Waals surface area contributed by atoms with Gasteiger partial charge in [-0.25, -0.2) is 0 Å². The summed E-state index contributed by atoms with van der Waals surface area (Å²) in [5, 5.41) is 0. The second-order valence-corrected chi connectivity index (χ2v) is 5.65. The number of aromatic nitrogens is 2. The van der Waals surface area contributed by atoms with Crippen molar-refractivity contribution in [1.29, 1.82) is 0 Å². The molecule has 0 aliphatic heterocycles. The van der Waals surface area contributed by atoms with Crippen LogP contribution in [0.1, 0.15) is 24.9 Å². The zero-order valence-corrected chi connectivity index (χ0v) is 12.3. The highest BCUT2D eigenvalue weighted by molar-refractivity contribution is 7.71. The number of nitrogens with one attached hydrogen (secondary N) is 1. The Hall–Kier alpha value is -1.13. The van der Waals surface area contributed by atoms with Crippen molar-refractivity contribution in [3.05, 3.63) is 28.5 Å². The van der Waals surface area contributed by atoms with Crippen LogP contribution in [0.2, 0.25) is 0 Å². The molecule has 1 atom stereocenters. The molecule has 1 N–H and O–H groups in total. The molecular weight excluding hydrogens is 242 g/mol. The number of benzene rings is 1. The Morgan fingerprint density at radius 1 is 1.39 bits per heavy atom. The minimum absolute atomic E-state index is 0.412. The molecule has 1 heterocycles. The summed E-state index contributed by atoms with van der Waals surface area (Å²) < 4.78 is 3.06. The molecule has 1 aromatic carbocycles. The molecule has 0 aliphatic rings. The molecule has 1 unspecified atom stereocenters. The Kier molecular flexibility index (Phi) is 3.88. The molecule has 3 nitrogen and oxygen atoms in total. The van der Waals surface area contributed by atoms with Gasteiger partial charge in [0, 0.05) is 6.04 Å². The van der Waals surface area contributed by atoms with Gasteiger partial charge in [-0.15, -0.1) is 0 Å². The number of nitrogens with zero attached hydrogens (tertiary/aromatic N) is 2. The van der Waals surface area contributed by atoms with Gasteiger partial charge in [0.15, 0.2) is 4.77 Å². The molecule has 0 saturated heterocycles. The third-order valence-corrected chi connectivity index (χ3v) is 3.61. The summed E-state index contributed by atoms with van der Waals surface area (Å²) in [4.78, 5) is 5.50. The number of hydrogen-bond donors (Lipinski definition) is 1. The molecule has 1 aromatic heterocycles. The lowest BCUT2D eigenvalue weighted by molar-refractivity contribution is 0.359. The number of hydrogen-bond acceptors (Lipinski definition) is 2. The van der Waals surface area contributed by atoms with E-state index in [4.69, 9.17) is 12.2 Å². The highest BCUT2D eigenvalue weighted by atomic mass is 32.1. The summed E-state index contributed by atoms with van der Waals surface area (Å²) in [6.07, 6.45) is 1.10. The molecule has 2 rings (SSSR count). The smallest absolute Gasteiger partial charge is 0.178 e. The quantitative estimate of drug-likeness (QED) is 0.853. The van der Waals surface area contributed by atoms with E-state index in [1.807, 2.05) is 0 Å². The summed E-state index contributed by atoms with van der Waals surface area (Å²) in [6.45, 7) is 5.42. The molecule has 0 saturated carbocycles. The van der Waals surface area contributed by atoms with Crippen molar-refractivity contribution < 1.29 is 0 Å². The highest BCUT2D eigenvalue weighted by Crippen LogP contribution is 2.22. The number of aryl methyl sites for hydroxylation is 1. The number of imidazole rings is 1. The highest BCUT2D eigenvalue weighted by Gasteiger charge is 2.11. The van der Waals surface area contributed by atoms with E-state index in [2.05, 4.69) is 60.6 Å². The van der Waals surface area contributed by atoms with E-state index in [0.29, 0.717) is 6.04 Å².